The van der Waals surface area contributed by atoms with Crippen LogP contribution in [0.25, 0.3) is 0 Å². The van der Waals surface area contributed by atoms with Crippen molar-refractivity contribution in [1.82, 2.24) is 0 Å². The Morgan fingerprint density at radius 3 is 2.50 bits per heavy atom. The lowest BCUT2D eigenvalue weighted by Gasteiger charge is -2.27. The van der Waals surface area contributed by atoms with Gasteiger partial charge in [0.05, 0.1) is 21.8 Å². The van der Waals surface area contributed by atoms with Crippen molar-refractivity contribution >= 4 is 46.3 Å². The first-order valence-corrected chi connectivity index (χ1v) is 10.9. The van der Waals surface area contributed by atoms with Crippen molar-refractivity contribution in [3.8, 4) is 0 Å². The summed E-state index contributed by atoms with van der Waals surface area (Å²) in [6.45, 7) is 1.24. The summed E-state index contributed by atoms with van der Waals surface area (Å²) in [5, 5.41) is 4.57. The Balaban J connectivity index is 1.52. The molecule has 1 unspecified atom stereocenters. The smallest absolute Gasteiger partial charge is 0.339 e. The molecule has 0 saturated heterocycles. The summed E-state index contributed by atoms with van der Waals surface area (Å²) in [6, 6.07) is 16.4. The van der Waals surface area contributed by atoms with Gasteiger partial charge in [0.2, 0.25) is 11.7 Å². The molecule has 0 spiro atoms. The summed E-state index contributed by atoms with van der Waals surface area (Å²) in [7, 11) is 0. The molecule has 0 saturated carbocycles. The van der Waals surface area contributed by atoms with Gasteiger partial charge in [-0.2, -0.15) is 0 Å². The van der Waals surface area contributed by atoms with Crippen molar-refractivity contribution < 1.29 is 23.9 Å². The van der Waals surface area contributed by atoms with Gasteiger partial charge in [0.1, 0.15) is 0 Å². The Labute approximate surface area is 188 Å². The average molecular weight is 449 g/mol. The van der Waals surface area contributed by atoms with Crippen LogP contribution in [-0.2, 0) is 14.3 Å². The van der Waals surface area contributed by atoms with Crippen LogP contribution in [0, 0.1) is 0 Å². The third kappa shape index (κ3) is 4.31. The van der Waals surface area contributed by atoms with Gasteiger partial charge in [-0.15, -0.1) is 11.3 Å². The van der Waals surface area contributed by atoms with Crippen molar-refractivity contribution in [2.75, 3.05) is 16.8 Å². The van der Waals surface area contributed by atoms with Crippen LogP contribution >= 0.6 is 11.3 Å². The second-order valence-corrected chi connectivity index (χ2v) is 8.26. The van der Waals surface area contributed by atoms with E-state index in [9.17, 15) is 19.2 Å². The van der Waals surface area contributed by atoms with E-state index in [0.29, 0.717) is 16.3 Å². The van der Waals surface area contributed by atoms with Gasteiger partial charge in [-0.25, -0.2) is 4.79 Å². The molecule has 2 heterocycles. The van der Waals surface area contributed by atoms with Crippen molar-refractivity contribution in [1.29, 1.82) is 0 Å². The van der Waals surface area contributed by atoms with E-state index in [1.807, 2.05) is 0 Å². The first kappa shape index (κ1) is 21.5. The molecule has 3 aromatic rings. The highest BCUT2D eigenvalue weighted by Crippen LogP contribution is 2.31. The predicted molar refractivity (Wildman–Crippen MR) is 121 cm³/mol. The molecule has 2 aromatic carbocycles. The molecule has 2 amide bonds. The summed E-state index contributed by atoms with van der Waals surface area (Å²) in [6.07, 6.45) is 0.118. The molecule has 4 rings (SSSR count). The third-order valence-corrected chi connectivity index (χ3v) is 5.96. The number of nitrogens with one attached hydrogen (secondary N) is 1. The maximum atomic E-state index is 13.0. The Hall–Kier alpha value is -3.78. The monoisotopic (exact) mass is 448 g/mol. The summed E-state index contributed by atoms with van der Waals surface area (Å²) in [5.41, 5.74) is 1.38. The van der Waals surface area contributed by atoms with Crippen LogP contribution in [0.1, 0.15) is 38.9 Å². The van der Waals surface area contributed by atoms with Crippen LogP contribution in [0.2, 0.25) is 0 Å². The highest BCUT2D eigenvalue weighted by Gasteiger charge is 2.30. The third-order valence-electron chi connectivity index (χ3n) is 5.09. The lowest BCUT2D eigenvalue weighted by atomic mass is 10.0. The molecule has 7 nitrogen and oxygen atoms in total. The first-order chi connectivity index (χ1) is 15.5. The maximum Gasteiger partial charge on any atom is 0.339 e. The number of esters is 1. The van der Waals surface area contributed by atoms with Crippen molar-refractivity contribution in [3.05, 3.63) is 82.0 Å². The van der Waals surface area contributed by atoms with Gasteiger partial charge in [-0.1, -0.05) is 36.4 Å². The number of ketones is 1. The minimum Gasteiger partial charge on any atom is -0.452 e. The van der Waals surface area contributed by atoms with Gasteiger partial charge >= 0.3 is 5.97 Å². The fourth-order valence-electron chi connectivity index (χ4n) is 3.64. The maximum absolute atomic E-state index is 13.0. The number of para-hydroxylation sites is 2. The fraction of sp³-hybridized carbons (Fsp3) is 0.167. The zero-order valence-corrected chi connectivity index (χ0v) is 18.1. The summed E-state index contributed by atoms with van der Waals surface area (Å²) >= 11 is 1.28. The molecule has 1 atom stereocenters. The van der Waals surface area contributed by atoms with E-state index in [0.717, 1.165) is 0 Å². The van der Waals surface area contributed by atoms with Crippen LogP contribution < -0.4 is 10.2 Å². The van der Waals surface area contributed by atoms with Crippen molar-refractivity contribution in [2.45, 2.75) is 19.4 Å². The second-order valence-electron chi connectivity index (χ2n) is 7.31. The molecule has 1 N–H and O–H groups in total. The number of rotatable bonds is 5. The van der Waals surface area contributed by atoms with Crippen LogP contribution in [0.5, 0.6) is 0 Å². The largest absolute Gasteiger partial charge is 0.452 e. The second kappa shape index (κ2) is 9.15. The number of fused-ring (bicyclic) bond motifs is 1. The standard InChI is InChI=1S/C24H20N2O5S/c1-15-13-21(27)25-18-9-4-5-10-19(18)26(15)22(28)14-31-24(30)17-8-3-2-7-16(17)23(29)20-11-6-12-32-20/h2-12,15H,13-14H2,1H3,(H,25,27). The van der Waals surface area contributed by atoms with E-state index in [4.69, 9.17) is 4.74 Å². The van der Waals surface area contributed by atoms with E-state index in [2.05, 4.69) is 5.32 Å². The highest BCUT2D eigenvalue weighted by molar-refractivity contribution is 7.12. The van der Waals surface area contributed by atoms with Crippen LogP contribution in [-0.4, -0.2) is 36.2 Å². The molecular weight excluding hydrogens is 428 g/mol. The minimum atomic E-state index is -0.760. The number of anilines is 2. The predicted octanol–water partition coefficient (Wildman–Crippen LogP) is 3.90. The number of carbonyl (C=O) groups excluding carboxylic acids is 4. The van der Waals surface area contributed by atoms with E-state index in [1.54, 1.807) is 66.9 Å². The molecule has 0 fully saturated rings. The molecule has 162 valence electrons. The van der Waals surface area contributed by atoms with E-state index in [1.165, 1.54) is 22.3 Å². The molecule has 8 heteroatoms. The molecule has 1 aliphatic heterocycles. The summed E-state index contributed by atoms with van der Waals surface area (Å²) < 4.78 is 5.30. The number of carbonyl (C=O) groups is 4. The Bertz CT molecular complexity index is 1190. The van der Waals surface area contributed by atoms with E-state index < -0.39 is 24.5 Å². The number of nitrogens with zero attached hydrogens (tertiary/aromatic N) is 1. The van der Waals surface area contributed by atoms with Crippen molar-refractivity contribution in [2.24, 2.45) is 0 Å². The number of benzene rings is 2. The first-order valence-electron chi connectivity index (χ1n) is 10.0. The molecule has 1 aromatic heterocycles. The molecule has 1 aliphatic rings. The van der Waals surface area contributed by atoms with Gasteiger partial charge in [0.15, 0.2) is 6.61 Å². The molecular formula is C24H20N2O5S. The van der Waals surface area contributed by atoms with Crippen LogP contribution in [0.4, 0.5) is 11.4 Å². The average Bonchev–Trinajstić information content (AvgIpc) is 3.29. The fourth-order valence-corrected chi connectivity index (χ4v) is 4.32. The van der Waals surface area contributed by atoms with Gasteiger partial charge < -0.3 is 15.0 Å². The Morgan fingerprint density at radius 1 is 1.03 bits per heavy atom. The van der Waals surface area contributed by atoms with Gasteiger partial charge in [-0.05, 0) is 36.6 Å². The zero-order valence-electron chi connectivity index (χ0n) is 17.2. The minimum absolute atomic E-state index is 0.0971. The molecule has 0 aliphatic carbocycles. The Kier molecular flexibility index (Phi) is 6.13. The highest BCUT2D eigenvalue weighted by atomic mass is 32.1. The molecule has 32 heavy (non-hydrogen) atoms. The zero-order chi connectivity index (χ0) is 22.7. The topological polar surface area (TPSA) is 92.8 Å². The lowest BCUT2D eigenvalue weighted by Crippen LogP contribution is -2.41. The van der Waals surface area contributed by atoms with Gasteiger partial charge in [0, 0.05) is 18.0 Å². The van der Waals surface area contributed by atoms with Gasteiger partial charge in [0.25, 0.3) is 5.91 Å². The number of hydrogen-bond donors (Lipinski definition) is 1. The number of ether oxygens (including phenoxy) is 1. The van der Waals surface area contributed by atoms with E-state index in [-0.39, 0.29) is 29.2 Å². The summed E-state index contributed by atoms with van der Waals surface area (Å²) in [4.78, 5) is 52.6. The SMILES string of the molecule is CC1CC(=O)Nc2ccccc2N1C(=O)COC(=O)c1ccccc1C(=O)c1cccs1. The van der Waals surface area contributed by atoms with Gasteiger partial charge in [-0.3, -0.25) is 14.4 Å². The van der Waals surface area contributed by atoms with Crippen molar-refractivity contribution in [3.63, 3.8) is 0 Å². The number of thiophene rings is 1. The quantitative estimate of drug-likeness (QED) is 0.472. The molecule has 0 radical (unpaired) electrons. The normalized spacial score (nSPS) is 15.3. The Morgan fingerprint density at radius 2 is 1.75 bits per heavy atom. The lowest BCUT2D eigenvalue weighted by molar-refractivity contribution is -0.122. The number of amides is 2. The number of hydrogen-bond acceptors (Lipinski definition) is 6. The molecule has 0 bridgehead atoms. The van der Waals surface area contributed by atoms with E-state index >= 15 is 0 Å². The van der Waals surface area contributed by atoms with Crippen LogP contribution in [0.3, 0.4) is 0 Å². The summed E-state index contributed by atoms with van der Waals surface area (Å²) in [5.74, 6) is -1.70. The van der Waals surface area contributed by atoms with Crippen LogP contribution in [0.15, 0.2) is 66.0 Å².